The number of nitrogens with one attached hydrogen (secondary N) is 4. The number of hydrogen-bond acceptors (Lipinski definition) is 8. The van der Waals surface area contributed by atoms with Crippen molar-refractivity contribution in [1.29, 1.82) is 0 Å². The number of Topliss-reactive ketones (excluding diaryl/α,β-unsaturated/α-hetero) is 1. The molecule has 13 nitrogen and oxygen atoms in total. The van der Waals surface area contributed by atoms with Crippen molar-refractivity contribution < 1.29 is 28.8 Å². The van der Waals surface area contributed by atoms with Gasteiger partial charge in [-0.2, -0.15) is 0 Å². The zero-order chi connectivity index (χ0) is 36.0. The summed E-state index contributed by atoms with van der Waals surface area (Å²) >= 11 is 0. The summed E-state index contributed by atoms with van der Waals surface area (Å²) in [5.41, 5.74) is -0.573. The zero-order valence-electron chi connectivity index (χ0n) is 30.0. The van der Waals surface area contributed by atoms with E-state index in [1.165, 1.54) is 18.6 Å². The summed E-state index contributed by atoms with van der Waals surface area (Å²) in [7, 11) is 0. The highest BCUT2D eigenvalue weighted by Crippen LogP contribution is 2.42. The van der Waals surface area contributed by atoms with Gasteiger partial charge in [0.1, 0.15) is 17.8 Å². The van der Waals surface area contributed by atoms with Gasteiger partial charge in [0.15, 0.2) is 0 Å². The van der Waals surface area contributed by atoms with Gasteiger partial charge in [-0.05, 0) is 68.1 Å². The van der Waals surface area contributed by atoms with Crippen molar-refractivity contribution in [2.75, 3.05) is 13.1 Å². The Balaban J connectivity index is 1.32. The number of nitrogens with zero attached hydrogens (tertiary/aromatic N) is 3. The standard InChI is InChI=1S/C37H55N7O6/c1-5-10-27(30(45)35(49)40-24-15-16-24)41-32(46)26-21-44(20-23-13-9-14-25(23)26)36(50)31(37(2,3)4)43-34(48)29(22-11-7-6-8-12-22)42-33(47)28-19-38-17-18-39-28/h17-19,22-27,29,31H,5-16,20-21H2,1-4H3,(H,40,49)(H,41,46)(H,42,47)(H,43,48). The largest absolute Gasteiger partial charge is 0.347 e. The number of amides is 5. The van der Waals surface area contributed by atoms with Crippen LogP contribution in [-0.2, 0) is 24.0 Å². The number of rotatable bonds is 13. The normalized spacial score (nSPS) is 24.2. The van der Waals surface area contributed by atoms with Crippen molar-refractivity contribution in [2.45, 2.75) is 129 Å². The molecule has 0 bridgehead atoms. The first-order valence-corrected chi connectivity index (χ1v) is 18.7. The third-order valence-corrected chi connectivity index (χ3v) is 11.0. The Hall–Kier alpha value is -3.90. The minimum atomic E-state index is -0.924. The molecule has 3 aliphatic carbocycles. The number of hydrogen-bond donors (Lipinski definition) is 4. The van der Waals surface area contributed by atoms with Crippen molar-refractivity contribution in [3.63, 3.8) is 0 Å². The Labute approximate surface area is 295 Å². The Morgan fingerprint density at radius 1 is 0.880 bits per heavy atom. The minimum Gasteiger partial charge on any atom is -0.347 e. The van der Waals surface area contributed by atoms with Gasteiger partial charge in [0.05, 0.1) is 18.2 Å². The van der Waals surface area contributed by atoms with Gasteiger partial charge in [0.2, 0.25) is 23.5 Å². The molecule has 0 radical (unpaired) electrons. The van der Waals surface area contributed by atoms with Gasteiger partial charge in [-0.1, -0.05) is 59.8 Å². The van der Waals surface area contributed by atoms with E-state index in [1.54, 1.807) is 4.90 Å². The van der Waals surface area contributed by atoms with Crippen molar-refractivity contribution in [1.82, 2.24) is 36.1 Å². The van der Waals surface area contributed by atoms with Gasteiger partial charge in [0.25, 0.3) is 11.8 Å². The van der Waals surface area contributed by atoms with Crippen LogP contribution < -0.4 is 21.3 Å². The lowest BCUT2D eigenvalue weighted by Crippen LogP contribution is -2.62. The quantitative estimate of drug-likeness (QED) is 0.228. The molecular formula is C37H55N7O6. The monoisotopic (exact) mass is 693 g/mol. The van der Waals surface area contributed by atoms with Crippen molar-refractivity contribution in [2.24, 2.45) is 29.1 Å². The van der Waals surface area contributed by atoms with Crippen molar-refractivity contribution >= 4 is 35.3 Å². The van der Waals surface area contributed by atoms with Crippen LogP contribution in [0.4, 0.5) is 0 Å². The molecule has 274 valence electrons. The van der Waals surface area contributed by atoms with Crippen LogP contribution in [0.2, 0.25) is 0 Å². The predicted octanol–water partition coefficient (Wildman–Crippen LogP) is 2.69. The highest BCUT2D eigenvalue weighted by Gasteiger charge is 2.48. The summed E-state index contributed by atoms with van der Waals surface area (Å²) < 4.78 is 0. The molecule has 1 aromatic heterocycles. The van der Waals surface area contributed by atoms with Crippen molar-refractivity contribution in [3.05, 3.63) is 24.3 Å². The molecule has 1 saturated heterocycles. The molecule has 3 saturated carbocycles. The third kappa shape index (κ3) is 9.25. The predicted molar refractivity (Wildman–Crippen MR) is 185 cm³/mol. The van der Waals surface area contributed by atoms with E-state index in [2.05, 4.69) is 31.2 Å². The number of aromatic nitrogens is 2. The molecular weight excluding hydrogens is 638 g/mol. The summed E-state index contributed by atoms with van der Waals surface area (Å²) in [5, 5.41) is 11.6. The molecule has 4 aliphatic rings. The molecule has 4 N–H and O–H groups in total. The molecule has 1 aromatic rings. The van der Waals surface area contributed by atoms with E-state index >= 15 is 0 Å². The van der Waals surface area contributed by atoms with Crippen LogP contribution in [-0.4, -0.2) is 87.4 Å². The topological polar surface area (TPSA) is 180 Å². The number of carbonyl (C=O) groups is 6. The first-order chi connectivity index (χ1) is 23.9. The van der Waals surface area contributed by atoms with Gasteiger partial charge in [0, 0.05) is 31.5 Å². The molecule has 5 rings (SSSR count). The van der Waals surface area contributed by atoms with E-state index in [1.807, 2.05) is 27.7 Å². The van der Waals surface area contributed by atoms with Gasteiger partial charge in [-0.25, -0.2) is 4.98 Å². The first kappa shape index (κ1) is 37.4. The molecule has 2 heterocycles. The average molecular weight is 694 g/mol. The highest BCUT2D eigenvalue weighted by atomic mass is 16.2. The third-order valence-electron chi connectivity index (χ3n) is 11.0. The molecule has 0 aromatic carbocycles. The number of fused-ring (bicyclic) bond motifs is 1. The van der Waals surface area contributed by atoms with Gasteiger partial charge >= 0.3 is 0 Å². The smallest absolute Gasteiger partial charge is 0.289 e. The fraction of sp³-hybridized carbons (Fsp3) is 0.730. The molecule has 13 heteroatoms. The maximum atomic E-state index is 14.5. The number of carbonyl (C=O) groups excluding carboxylic acids is 6. The second-order valence-electron chi connectivity index (χ2n) is 15.9. The van der Waals surface area contributed by atoms with E-state index in [9.17, 15) is 28.8 Å². The van der Waals surface area contributed by atoms with Gasteiger partial charge in [-0.3, -0.25) is 33.8 Å². The summed E-state index contributed by atoms with van der Waals surface area (Å²) in [6.45, 7) is 8.22. The molecule has 5 amide bonds. The summed E-state index contributed by atoms with van der Waals surface area (Å²) in [6.07, 6.45) is 14.1. The Kier molecular flexibility index (Phi) is 12.3. The molecule has 1 aliphatic heterocycles. The Bertz CT molecular complexity index is 1400. The molecule has 6 unspecified atom stereocenters. The van der Waals surface area contributed by atoms with E-state index in [-0.39, 0.29) is 47.8 Å². The van der Waals surface area contributed by atoms with Crippen LogP contribution in [0.3, 0.4) is 0 Å². The van der Waals surface area contributed by atoms with Crippen molar-refractivity contribution in [3.8, 4) is 0 Å². The average Bonchev–Trinajstić information content (AvgIpc) is 3.79. The summed E-state index contributed by atoms with van der Waals surface area (Å²) in [5.74, 6) is -3.26. The Morgan fingerprint density at radius 3 is 2.26 bits per heavy atom. The fourth-order valence-corrected chi connectivity index (χ4v) is 8.05. The molecule has 6 atom stereocenters. The zero-order valence-corrected chi connectivity index (χ0v) is 30.0. The molecule has 4 fully saturated rings. The van der Waals surface area contributed by atoms with E-state index < -0.39 is 53.0 Å². The second-order valence-corrected chi connectivity index (χ2v) is 15.9. The lowest BCUT2D eigenvalue weighted by atomic mass is 9.77. The maximum Gasteiger partial charge on any atom is 0.289 e. The SMILES string of the molecule is CCCC(NC(=O)C1CN(C(=O)C(NC(=O)C(NC(=O)c2cnccn2)C2CCCCC2)C(C)(C)C)CC2CCCC21)C(=O)C(=O)NC1CC1. The van der Waals surface area contributed by atoms with E-state index in [0.717, 1.165) is 64.2 Å². The highest BCUT2D eigenvalue weighted by molar-refractivity contribution is 6.38. The fourth-order valence-electron chi connectivity index (χ4n) is 8.05. The first-order valence-electron chi connectivity index (χ1n) is 18.7. The second kappa shape index (κ2) is 16.4. The maximum absolute atomic E-state index is 14.5. The van der Waals surface area contributed by atoms with Crippen LogP contribution in [0.1, 0.15) is 115 Å². The van der Waals surface area contributed by atoms with Crippen LogP contribution in [0.5, 0.6) is 0 Å². The van der Waals surface area contributed by atoms with Gasteiger partial charge in [-0.15, -0.1) is 0 Å². The van der Waals surface area contributed by atoms with E-state index in [4.69, 9.17) is 0 Å². The van der Waals surface area contributed by atoms with Crippen LogP contribution in [0, 0.1) is 29.1 Å². The van der Waals surface area contributed by atoms with Crippen LogP contribution in [0.15, 0.2) is 18.6 Å². The number of likely N-dealkylation sites (tertiary alicyclic amines) is 1. The van der Waals surface area contributed by atoms with Crippen LogP contribution >= 0.6 is 0 Å². The lowest BCUT2D eigenvalue weighted by Gasteiger charge is -2.44. The summed E-state index contributed by atoms with van der Waals surface area (Å²) in [6, 6.07) is -2.67. The van der Waals surface area contributed by atoms with Crippen LogP contribution in [0.25, 0.3) is 0 Å². The number of ketones is 1. The van der Waals surface area contributed by atoms with E-state index in [0.29, 0.717) is 19.4 Å². The Morgan fingerprint density at radius 2 is 1.62 bits per heavy atom. The summed E-state index contributed by atoms with van der Waals surface area (Å²) in [4.78, 5) is 91.2. The number of piperidine rings is 1. The minimum absolute atomic E-state index is 0.0326. The lowest BCUT2D eigenvalue weighted by molar-refractivity contribution is -0.146. The van der Waals surface area contributed by atoms with Gasteiger partial charge < -0.3 is 26.2 Å². The molecule has 50 heavy (non-hydrogen) atoms. The molecule has 0 spiro atoms.